The maximum atomic E-state index is 5.73. The first-order valence-corrected chi connectivity index (χ1v) is 8.15. The van der Waals surface area contributed by atoms with Gasteiger partial charge in [0.25, 0.3) is 0 Å². The average Bonchev–Trinajstić information content (AvgIpc) is 2.95. The molecule has 1 aromatic carbocycles. The van der Waals surface area contributed by atoms with Crippen LogP contribution in [0.3, 0.4) is 0 Å². The Morgan fingerprint density at radius 3 is 2.39 bits per heavy atom. The smallest absolute Gasteiger partial charge is 0.247 e. The molecule has 0 aliphatic carbocycles. The van der Waals surface area contributed by atoms with E-state index in [1.807, 2.05) is 12.1 Å². The lowest BCUT2D eigenvalue weighted by Gasteiger charge is -2.18. The van der Waals surface area contributed by atoms with Gasteiger partial charge in [0, 0.05) is 5.56 Å². The van der Waals surface area contributed by atoms with Gasteiger partial charge in [0.15, 0.2) is 0 Å². The Hall–Kier alpha value is -1.72. The number of hydrogen-bond donors (Lipinski definition) is 1. The minimum absolute atomic E-state index is 0.148. The molecule has 0 saturated heterocycles. The van der Waals surface area contributed by atoms with Crippen LogP contribution in [-0.2, 0) is 12.0 Å². The monoisotopic (exact) mass is 316 g/mol. The molecular formula is C18H28N4O. The summed E-state index contributed by atoms with van der Waals surface area (Å²) in [5, 5.41) is 11.6. The summed E-state index contributed by atoms with van der Waals surface area (Å²) < 4.78 is 5.73. The topological polar surface area (TPSA) is 54.2 Å². The molecule has 0 amide bonds. The van der Waals surface area contributed by atoms with Crippen molar-refractivity contribution in [2.24, 2.45) is 0 Å². The van der Waals surface area contributed by atoms with Crippen LogP contribution in [0.25, 0.3) is 11.5 Å². The van der Waals surface area contributed by atoms with E-state index in [-0.39, 0.29) is 5.41 Å². The lowest BCUT2D eigenvalue weighted by molar-refractivity contribution is 0.390. The molecule has 126 valence electrons. The molecule has 1 heterocycles. The van der Waals surface area contributed by atoms with E-state index in [4.69, 9.17) is 4.42 Å². The van der Waals surface area contributed by atoms with Crippen LogP contribution in [0.15, 0.2) is 28.7 Å². The summed E-state index contributed by atoms with van der Waals surface area (Å²) in [4.78, 5) is 2.17. The molecular weight excluding hydrogens is 288 g/mol. The van der Waals surface area contributed by atoms with E-state index in [2.05, 4.69) is 67.4 Å². The van der Waals surface area contributed by atoms with Crippen LogP contribution >= 0.6 is 0 Å². The van der Waals surface area contributed by atoms with Gasteiger partial charge in [-0.25, -0.2) is 0 Å². The Bertz CT molecular complexity index is 596. The second kappa shape index (κ2) is 7.70. The number of aromatic nitrogens is 2. The maximum Gasteiger partial charge on any atom is 0.247 e. The van der Waals surface area contributed by atoms with E-state index in [1.54, 1.807) is 0 Å². The van der Waals surface area contributed by atoms with Crippen molar-refractivity contribution in [1.29, 1.82) is 0 Å². The number of nitrogens with zero attached hydrogens (tertiary/aromatic N) is 3. The first-order valence-electron chi connectivity index (χ1n) is 8.15. The first-order chi connectivity index (χ1) is 10.9. The van der Waals surface area contributed by atoms with E-state index in [1.165, 1.54) is 5.56 Å². The Balaban J connectivity index is 1.89. The molecule has 0 saturated carbocycles. The van der Waals surface area contributed by atoms with E-state index in [9.17, 15) is 0 Å². The standard InChI is InChI=1S/C18H28N4O/c1-18(2,3)15-9-7-14(8-10-15)17-21-20-16(23-17)13-19-11-6-12-22(4)5/h7-10,19H,6,11-13H2,1-5H3. The van der Waals surface area contributed by atoms with Gasteiger partial charge in [-0.1, -0.05) is 32.9 Å². The predicted molar refractivity (Wildman–Crippen MR) is 93.3 cm³/mol. The second-order valence-corrected chi connectivity index (χ2v) is 7.16. The van der Waals surface area contributed by atoms with Crippen molar-refractivity contribution in [3.8, 4) is 11.5 Å². The van der Waals surface area contributed by atoms with Gasteiger partial charge in [-0.2, -0.15) is 0 Å². The SMILES string of the molecule is CN(C)CCCNCc1nnc(-c2ccc(C(C)(C)C)cc2)o1. The van der Waals surface area contributed by atoms with E-state index < -0.39 is 0 Å². The fraction of sp³-hybridized carbons (Fsp3) is 0.556. The highest BCUT2D eigenvalue weighted by Crippen LogP contribution is 2.25. The van der Waals surface area contributed by atoms with E-state index in [0.29, 0.717) is 18.3 Å². The number of rotatable bonds is 7. The third-order valence-electron chi connectivity index (χ3n) is 3.70. The van der Waals surface area contributed by atoms with Crippen molar-refractivity contribution in [3.05, 3.63) is 35.7 Å². The molecule has 2 aromatic rings. The van der Waals surface area contributed by atoms with Crippen molar-refractivity contribution >= 4 is 0 Å². The largest absolute Gasteiger partial charge is 0.419 e. The van der Waals surface area contributed by atoms with Gasteiger partial charge >= 0.3 is 0 Å². The lowest BCUT2D eigenvalue weighted by Crippen LogP contribution is -2.21. The summed E-state index contributed by atoms with van der Waals surface area (Å²) in [6, 6.07) is 8.34. The van der Waals surface area contributed by atoms with Crippen molar-refractivity contribution in [1.82, 2.24) is 20.4 Å². The van der Waals surface area contributed by atoms with Gasteiger partial charge in [-0.05, 0) is 56.7 Å². The van der Waals surface area contributed by atoms with Gasteiger partial charge in [0.05, 0.1) is 6.54 Å². The van der Waals surface area contributed by atoms with Crippen molar-refractivity contribution < 1.29 is 4.42 Å². The molecule has 5 heteroatoms. The third kappa shape index (κ3) is 5.44. The Morgan fingerprint density at radius 1 is 1.09 bits per heavy atom. The van der Waals surface area contributed by atoms with E-state index >= 15 is 0 Å². The molecule has 0 fully saturated rings. The summed E-state index contributed by atoms with van der Waals surface area (Å²) in [5.74, 6) is 1.21. The fourth-order valence-electron chi connectivity index (χ4n) is 2.27. The second-order valence-electron chi connectivity index (χ2n) is 7.16. The van der Waals surface area contributed by atoms with Gasteiger partial charge in [-0.3, -0.25) is 0 Å². The zero-order chi connectivity index (χ0) is 16.9. The number of benzene rings is 1. The van der Waals surface area contributed by atoms with Crippen molar-refractivity contribution in [2.75, 3.05) is 27.2 Å². The quantitative estimate of drug-likeness (QED) is 0.796. The Labute approximate surface area is 139 Å². The summed E-state index contributed by atoms with van der Waals surface area (Å²) >= 11 is 0. The van der Waals surface area contributed by atoms with Crippen LogP contribution in [0.4, 0.5) is 0 Å². The summed E-state index contributed by atoms with van der Waals surface area (Å²) in [6.45, 7) is 9.23. The molecule has 0 unspecified atom stereocenters. The van der Waals surface area contributed by atoms with Gasteiger partial charge in [-0.15, -0.1) is 10.2 Å². The molecule has 23 heavy (non-hydrogen) atoms. The molecule has 0 radical (unpaired) electrons. The van der Waals surface area contributed by atoms with Crippen LogP contribution in [0, 0.1) is 0 Å². The summed E-state index contributed by atoms with van der Waals surface area (Å²) in [7, 11) is 4.16. The fourth-order valence-corrected chi connectivity index (χ4v) is 2.27. The zero-order valence-electron chi connectivity index (χ0n) is 14.9. The highest BCUT2D eigenvalue weighted by molar-refractivity contribution is 5.53. The highest BCUT2D eigenvalue weighted by Gasteiger charge is 2.14. The normalized spacial score (nSPS) is 12.1. The van der Waals surface area contributed by atoms with Crippen molar-refractivity contribution in [3.63, 3.8) is 0 Å². The molecule has 2 rings (SSSR count). The summed E-state index contributed by atoms with van der Waals surface area (Å²) in [6.07, 6.45) is 1.10. The lowest BCUT2D eigenvalue weighted by atomic mass is 9.87. The third-order valence-corrected chi connectivity index (χ3v) is 3.70. The molecule has 1 N–H and O–H groups in total. The van der Waals surface area contributed by atoms with Gasteiger partial charge in [0.1, 0.15) is 0 Å². The predicted octanol–water partition coefficient (Wildman–Crippen LogP) is 3.08. The highest BCUT2D eigenvalue weighted by atomic mass is 16.4. The number of hydrogen-bond acceptors (Lipinski definition) is 5. The molecule has 0 aliphatic rings. The van der Waals surface area contributed by atoms with Crippen molar-refractivity contribution in [2.45, 2.75) is 39.2 Å². The van der Waals surface area contributed by atoms with Crippen LogP contribution in [0.1, 0.15) is 38.6 Å². The van der Waals surface area contributed by atoms with Crippen LogP contribution in [-0.4, -0.2) is 42.3 Å². The van der Waals surface area contributed by atoms with E-state index in [0.717, 1.165) is 25.1 Å². The molecule has 0 aliphatic heterocycles. The minimum atomic E-state index is 0.148. The first kappa shape index (κ1) is 17.6. The maximum absolute atomic E-state index is 5.73. The minimum Gasteiger partial charge on any atom is -0.419 e. The van der Waals surface area contributed by atoms with Crippen LogP contribution in [0.2, 0.25) is 0 Å². The average molecular weight is 316 g/mol. The Kier molecular flexibility index (Phi) is 5.91. The Morgan fingerprint density at radius 2 is 1.78 bits per heavy atom. The molecule has 0 atom stereocenters. The molecule has 5 nitrogen and oxygen atoms in total. The molecule has 0 spiro atoms. The van der Waals surface area contributed by atoms with Crippen LogP contribution in [0.5, 0.6) is 0 Å². The molecule has 1 aromatic heterocycles. The van der Waals surface area contributed by atoms with Gasteiger partial charge in [0.2, 0.25) is 11.8 Å². The zero-order valence-corrected chi connectivity index (χ0v) is 14.9. The van der Waals surface area contributed by atoms with Gasteiger partial charge < -0.3 is 14.6 Å². The number of nitrogens with one attached hydrogen (secondary N) is 1. The summed E-state index contributed by atoms with van der Waals surface area (Å²) in [5.41, 5.74) is 2.41. The molecule has 0 bridgehead atoms. The van der Waals surface area contributed by atoms with Crippen LogP contribution < -0.4 is 5.32 Å².